The largest absolute Gasteiger partial charge is 0.508 e. The second-order valence-electron chi connectivity index (χ2n) is 4.79. The number of phenols is 1. The number of amides is 1. The maximum atomic E-state index is 11.1. The van der Waals surface area contributed by atoms with Gasteiger partial charge in [-0.1, -0.05) is 12.1 Å². The van der Waals surface area contributed by atoms with E-state index in [1.165, 1.54) is 6.92 Å². The number of fused-ring (bicyclic) bond motifs is 1. The third-order valence-corrected chi connectivity index (χ3v) is 3.53. The van der Waals surface area contributed by atoms with Gasteiger partial charge >= 0.3 is 0 Å². The van der Waals surface area contributed by atoms with E-state index >= 15 is 0 Å². The molecule has 1 amide bonds. The third-order valence-electron chi connectivity index (χ3n) is 3.12. The van der Waals surface area contributed by atoms with Gasteiger partial charge in [-0.2, -0.15) is 0 Å². The standard InChI is InChI=1S/C16H12BrN3O2/c1-9(21)18-15-7-6-12-13(8-14(17)19-16(12)20-15)10-2-4-11(22)5-3-10/h2-8,22H,1H3,(H,18,19,20,21). The van der Waals surface area contributed by atoms with E-state index in [2.05, 4.69) is 31.2 Å². The van der Waals surface area contributed by atoms with Crippen LogP contribution in [0.3, 0.4) is 0 Å². The number of rotatable bonds is 2. The summed E-state index contributed by atoms with van der Waals surface area (Å²) < 4.78 is 0.649. The number of hydrogen-bond donors (Lipinski definition) is 2. The highest BCUT2D eigenvalue weighted by Gasteiger charge is 2.09. The van der Waals surface area contributed by atoms with Crippen LogP contribution in [0.15, 0.2) is 47.1 Å². The molecular formula is C16H12BrN3O2. The molecule has 3 aromatic rings. The highest BCUT2D eigenvalue weighted by Crippen LogP contribution is 2.31. The minimum absolute atomic E-state index is 0.180. The van der Waals surface area contributed by atoms with Crippen LogP contribution in [0, 0.1) is 0 Å². The van der Waals surface area contributed by atoms with Crippen molar-refractivity contribution in [1.29, 1.82) is 0 Å². The number of aromatic hydroxyl groups is 1. The predicted octanol–water partition coefficient (Wildman–Crippen LogP) is 3.72. The number of aromatic nitrogens is 2. The first-order valence-corrected chi connectivity index (χ1v) is 7.36. The molecule has 0 bridgehead atoms. The molecule has 0 aliphatic rings. The SMILES string of the molecule is CC(=O)Nc1ccc2c(-c3ccc(O)cc3)cc(Br)nc2n1. The summed E-state index contributed by atoms with van der Waals surface area (Å²) in [5.41, 5.74) is 2.42. The maximum Gasteiger partial charge on any atom is 0.222 e. The molecule has 0 unspecified atom stereocenters. The number of hydrogen-bond acceptors (Lipinski definition) is 4. The Kier molecular flexibility index (Phi) is 3.77. The van der Waals surface area contributed by atoms with Crippen molar-refractivity contribution in [3.05, 3.63) is 47.1 Å². The fraction of sp³-hybridized carbons (Fsp3) is 0.0625. The Bertz CT molecular complexity index is 863. The Morgan fingerprint density at radius 3 is 2.55 bits per heavy atom. The lowest BCUT2D eigenvalue weighted by Crippen LogP contribution is -2.07. The van der Waals surface area contributed by atoms with E-state index in [1.54, 1.807) is 18.2 Å². The van der Waals surface area contributed by atoms with Crippen LogP contribution in [0.5, 0.6) is 5.75 Å². The second-order valence-corrected chi connectivity index (χ2v) is 5.60. The summed E-state index contributed by atoms with van der Waals surface area (Å²) in [7, 11) is 0. The summed E-state index contributed by atoms with van der Waals surface area (Å²) in [5.74, 6) is 0.495. The van der Waals surface area contributed by atoms with Crippen LogP contribution < -0.4 is 5.32 Å². The number of anilines is 1. The molecule has 0 saturated heterocycles. The molecule has 0 fully saturated rings. The lowest BCUT2D eigenvalue weighted by molar-refractivity contribution is -0.114. The maximum absolute atomic E-state index is 11.1. The Morgan fingerprint density at radius 1 is 1.14 bits per heavy atom. The molecule has 0 spiro atoms. The van der Waals surface area contributed by atoms with Gasteiger partial charge in [-0.15, -0.1) is 0 Å². The number of halogens is 1. The summed E-state index contributed by atoms with van der Waals surface area (Å²) in [6.07, 6.45) is 0. The highest BCUT2D eigenvalue weighted by molar-refractivity contribution is 9.10. The van der Waals surface area contributed by atoms with Crippen LogP contribution in [0.1, 0.15) is 6.92 Å². The third kappa shape index (κ3) is 2.92. The number of phenolic OH excluding ortho intramolecular Hbond substituents is 1. The van der Waals surface area contributed by atoms with Crippen molar-refractivity contribution in [1.82, 2.24) is 9.97 Å². The van der Waals surface area contributed by atoms with Gasteiger partial charge in [0.15, 0.2) is 5.65 Å². The zero-order chi connectivity index (χ0) is 15.7. The molecule has 0 radical (unpaired) electrons. The lowest BCUT2D eigenvalue weighted by atomic mass is 10.0. The summed E-state index contributed by atoms with van der Waals surface area (Å²) in [6, 6.07) is 12.4. The van der Waals surface area contributed by atoms with Crippen LogP contribution >= 0.6 is 15.9 Å². The fourth-order valence-electron chi connectivity index (χ4n) is 2.20. The van der Waals surface area contributed by atoms with E-state index in [1.807, 2.05) is 24.3 Å². The van der Waals surface area contributed by atoms with Crippen molar-refractivity contribution in [3.8, 4) is 16.9 Å². The normalized spacial score (nSPS) is 10.6. The lowest BCUT2D eigenvalue weighted by Gasteiger charge is -2.09. The van der Waals surface area contributed by atoms with E-state index in [4.69, 9.17) is 0 Å². The molecule has 0 saturated carbocycles. The number of nitrogens with zero attached hydrogens (tertiary/aromatic N) is 2. The average molecular weight is 358 g/mol. The second kappa shape index (κ2) is 5.73. The summed E-state index contributed by atoms with van der Waals surface area (Å²) in [4.78, 5) is 19.8. The van der Waals surface area contributed by atoms with Gasteiger partial charge in [0, 0.05) is 12.3 Å². The molecule has 2 heterocycles. The summed E-state index contributed by atoms with van der Waals surface area (Å²) in [6.45, 7) is 1.43. The molecular weight excluding hydrogens is 346 g/mol. The van der Waals surface area contributed by atoms with Crippen molar-refractivity contribution in [2.45, 2.75) is 6.92 Å². The number of carbonyl (C=O) groups is 1. The molecule has 0 atom stereocenters. The van der Waals surface area contributed by atoms with Crippen LogP contribution in [0.4, 0.5) is 5.82 Å². The molecule has 2 aromatic heterocycles. The minimum Gasteiger partial charge on any atom is -0.508 e. The van der Waals surface area contributed by atoms with Crippen molar-refractivity contribution in [3.63, 3.8) is 0 Å². The number of benzene rings is 1. The fourth-order valence-corrected chi connectivity index (χ4v) is 2.60. The van der Waals surface area contributed by atoms with Crippen LogP contribution in [-0.4, -0.2) is 21.0 Å². The number of carbonyl (C=O) groups excluding carboxylic acids is 1. The van der Waals surface area contributed by atoms with Crippen molar-refractivity contribution >= 4 is 38.7 Å². The first kappa shape index (κ1) is 14.5. The number of nitrogens with one attached hydrogen (secondary N) is 1. The monoisotopic (exact) mass is 357 g/mol. The summed E-state index contributed by atoms with van der Waals surface area (Å²) in [5, 5.41) is 12.9. The van der Waals surface area contributed by atoms with Gasteiger partial charge in [-0.05, 0) is 57.4 Å². The molecule has 5 nitrogen and oxygen atoms in total. The van der Waals surface area contributed by atoms with Crippen LogP contribution in [0.2, 0.25) is 0 Å². The Hall–Kier alpha value is -2.47. The van der Waals surface area contributed by atoms with Gasteiger partial charge < -0.3 is 10.4 Å². The van der Waals surface area contributed by atoms with E-state index in [0.717, 1.165) is 16.5 Å². The topological polar surface area (TPSA) is 75.1 Å². The van der Waals surface area contributed by atoms with Crippen molar-refractivity contribution in [2.24, 2.45) is 0 Å². The first-order chi connectivity index (χ1) is 10.5. The molecule has 0 aliphatic heterocycles. The quantitative estimate of drug-likeness (QED) is 0.685. The molecule has 1 aromatic carbocycles. The van der Waals surface area contributed by atoms with Crippen LogP contribution in [0.25, 0.3) is 22.2 Å². The number of pyridine rings is 2. The summed E-state index contributed by atoms with van der Waals surface area (Å²) >= 11 is 3.38. The van der Waals surface area contributed by atoms with Gasteiger partial charge in [-0.25, -0.2) is 9.97 Å². The molecule has 6 heteroatoms. The van der Waals surface area contributed by atoms with E-state index in [0.29, 0.717) is 16.1 Å². The van der Waals surface area contributed by atoms with Gasteiger partial charge in [0.1, 0.15) is 16.2 Å². The van der Waals surface area contributed by atoms with Crippen LogP contribution in [-0.2, 0) is 4.79 Å². The van der Waals surface area contributed by atoms with Gasteiger partial charge in [0.25, 0.3) is 0 Å². The molecule has 0 aliphatic carbocycles. The average Bonchev–Trinajstić information content (AvgIpc) is 2.46. The Labute approximate surface area is 135 Å². The van der Waals surface area contributed by atoms with E-state index in [-0.39, 0.29) is 11.7 Å². The Balaban J connectivity index is 2.18. The van der Waals surface area contributed by atoms with Gasteiger partial charge in [-0.3, -0.25) is 4.79 Å². The molecule has 22 heavy (non-hydrogen) atoms. The minimum atomic E-state index is -0.180. The van der Waals surface area contributed by atoms with Crippen molar-refractivity contribution in [2.75, 3.05) is 5.32 Å². The molecule has 2 N–H and O–H groups in total. The highest BCUT2D eigenvalue weighted by atomic mass is 79.9. The van der Waals surface area contributed by atoms with E-state index in [9.17, 15) is 9.90 Å². The smallest absolute Gasteiger partial charge is 0.222 e. The zero-order valence-corrected chi connectivity index (χ0v) is 13.3. The van der Waals surface area contributed by atoms with Gasteiger partial charge in [0.2, 0.25) is 5.91 Å². The molecule has 3 rings (SSSR count). The predicted molar refractivity (Wildman–Crippen MR) is 88.6 cm³/mol. The van der Waals surface area contributed by atoms with Gasteiger partial charge in [0.05, 0.1) is 0 Å². The Morgan fingerprint density at radius 2 is 1.86 bits per heavy atom. The first-order valence-electron chi connectivity index (χ1n) is 6.57. The van der Waals surface area contributed by atoms with E-state index < -0.39 is 0 Å². The zero-order valence-electron chi connectivity index (χ0n) is 11.7. The molecule has 110 valence electrons. The van der Waals surface area contributed by atoms with Crippen molar-refractivity contribution < 1.29 is 9.90 Å².